The monoisotopic (exact) mass is 164 g/mol. The maximum atomic E-state index is 3.87. The summed E-state index contributed by atoms with van der Waals surface area (Å²) in [6.45, 7) is 7.68. The Balaban J connectivity index is 0. The van der Waals surface area contributed by atoms with Crippen molar-refractivity contribution in [3.05, 3.63) is 24.9 Å². The van der Waals surface area contributed by atoms with E-state index in [0.717, 1.165) is 5.69 Å². The first kappa shape index (κ1) is 13.3. The Bertz CT molecular complexity index is 144. The third-order valence-electron chi connectivity index (χ3n) is 0.922. The van der Waals surface area contributed by atoms with Crippen molar-refractivity contribution in [2.75, 3.05) is 0 Å². The summed E-state index contributed by atoms with van der Waals surface area (Å²) in [5.74, 6) is 0. The fourth-order valence-corrected chi connectivity index (χ4v) is 0.401. The van der Waals surface area contributed by atoms with Gasteiger partial charge in [0, 0.05) is 7.05 Å². The van der Waals surface area contributed by atoms with Crippen LogP contribution in [0, 0.1) is 6.92 Å². The Kier molecular flexibility index (Phi) is 10.4. The molecule has 0 radical (unpaired) electrons. The van der Waals surface area contributed by atoms with Gasteiger partial charge >= 0.3 is 51.4 Å². The molecule has 0 N–H and O–H groups in total. The Morgan fingerprint density at radius 2 is 2.00 bits per heavy atom. The van der Waals surface area contributed by atoms with Gasteiger partial charge in [0.1, 0.15) is 0 Å². The van der Waals surface area contributed by atoms with E-state index in [1.807, 2.05) is 27.0 Å². The molecule has 0 unspecified atom stereocenters. The van der Waals surface area contributed by atoms with Crippen molar-refractivity contribution >= 4 is 0 Å². The molecule has 0 aliphatic heterocycles. The van der Waals surface area contributed by atoms with E-state index >= 15 is 0 Å². The second-order valence-electron chi connectivity index (χ2n) is 1.45. The van der Waals surface area contributed by atoms with Crippen LogP contribution in [0.25, 0.3) is 0 Å². The summed E-state index contributed by atoms with van der Waals surface area (Å²) in [4.78, 5) is 0. The number of aryl methyl sites for hydroxylation is 1. The molecule has 0 saturated carbocycles. The zero-order valence-corrected chi connectivity index (χ0v) is 10.4. The van der Waals surface area contributed by atoms with Crippen LogP contribution in [-0.2, 0) is 7.05 Å². The minimum Gasteiger partial charge on any atom is -0.306 e. The van der Waals surface area contributed by atoms with Gasteiger partial charge in [0.15, 0.2) is 0 Å². The van der Waals surface area contributed by atoms with E-state index in [1.165, 1.54) is 0 Å². The molecule has 2 nitrogen and oxygen atoms in total. The van der Waals surface area contributed by atoms with Crippen molar-refractivity contribution in [3.63, 3.8) is 0 Å². The molecular formula is C7H13KN2. The summed E-state index contributed by atoms with van der Waals surface area (Å²) < 4.78 is 1.72. The topological polar surface area (TPSA) is 17.8 Å². The van der Waals surface area contributed by atoms with Crippen LogP contribution >= 0.6 is 0 Å². The van der Waals surface area contributed by atoms with E-state index in [-0.39, 0.29) is 51.4 Å². The maximum absolute atomic E-state index is 3.87. The molecule has 0 amide bonds. The molecule has 0 saturated heterocycles. The van der Waals surface area contributed by atoms with E-state index in [9.17, 15) is 0 Å². The van der Waals surface area contributed by atoms with E-state index in [0.29, 0.717) is 0 Å². The van der Waals surface area contributed by atoms with Gasteiger partial charge in [-0.25, -0.2) is 12.0 Å². The minimum absolute atomic E-state index is 0. The SMILES string of the molecule is CC.[CH2-]c1ccnn1C.[K+]. The van der Waals surface area contributed by atoms with Gasteiger partial charge in [-0.3, -0.25) is 0 Å². The van der Waals surface area contributed by atoms with Gasteiger partial charge < -0.3 is 4.68 Å². The Morgan fingerprint density at radius 3 is 2.10 bits per heavy atom. The van der Waals surface area contributed by atoms with Crippen molar-refractivity contribution in [2.45, 2.75) is 13.8 Å². The van der Waals surface area contributed by atoms with Gasteiger partial charge in [-0.15, -0.1) is 5.69 Å². The first-order valence-corrected chi connectivity index (χ1v) is 3.10. The second-order valence-corrected chi connectivity index (χ2v) is 1.45. The van der Waals surface area contributed by atoms with Gasteiger partial charge in [0.25, 0.3) is 0 Å². The average Bonchev–Trinajstić information content (AvgIpc) is 2.23. The molecule has 0 atom stereocenters. The summed E-state index contributed by atoms with van der Waals surface area (Å²) in [7, 11) is 1.86. The van der Waals surface area contributed by atoms with Crippen molar-refractivity contribution in [2.24, 2.45) is 7.05 Å². The summed E-state index contributed by atoms with van der Waals surface area (Å²) in [5, 5.41) is 3.87. The molecule has 0 aromatic carbocycles. The van der Waals surface area contributed by atoms with Gasteiger partial charge in [0.2, 0.25) is 0 Å². The van der Waals surface area contributed by atoms with E-state index in [2.05, 4.69) is 12.0 Å². The molecule has 3 heteroatoms. The first-order valence-electron chi connectivity index (χ1n) is 3.10. The molecule has 0 aliphatic carbocycles. The predicted octanol–water partition coefficient (Wildman–Crippen LogP) is -1.37. The third kappa shape index (κ3) is 4.52. The summed E-state index contributed by atoms with van der Waals surface area (Å²) in [6, 6.07) is 1.86. The van der Waals surface area contributed by atoms with Crippen molar-refractivity contribution in [1.29, 1.82) is 0 Å². The molecule has 52 valence electrons. The van der Waals surface area contributed by atoms with Crippen LogP contribution in [0.4, 0.5) is 0 Å². The summed E-state index contributed by atoms with van der Waals surface area (Å²) in [5.41, 5.74) is 0.944. The van der Waals surface area contributed by atoms with Gasteiger partial charge in [-0.05, 0) is 6.20 Å². The smallest absolute Gasteiger partial charge is 0.306 e. The van der Waals surface area contributed by atoms with E-state index in [4.69, 9.17) is 0 Å². The molecule has 0 bridgehead atoms. The fourth-order valence-electron chi connectivity index (χ4n) is 0.401. The number of hydrogen-bond donors (Lipinski definition) is 0. The summed E-state index contributed by atoms with van der Waals surface area (Å²) in [6.07, 6.45) is 1.72. The molecule has 0 fully saturated rings. The molecule has 1 aromatic rings. The van der Waals surface area contributed by atoms with Crippen LogP contribution in [0.15, 0.2) is 12.3 Å². The van der Waals surface area contributed by atoms with Crippen LogP contribution in [0.5, 0.6) is 0 Å². The molecular weight excluding hydrogens is 151 g/mol. The largest absolute Gasteiger partial charge is 1.00 e. The van der Waals surface area contributed by atoms with E-state index in [1.54, 1.807) is 10.9 Å². The Labute approximate surface area is 105 Å². The fraction of sp³-hybridized carbons (Fsp3) is 0.429. The van der Waals surface area contributed by atoms with Gasteiger partial charge in [0.05, 0.1) is 0 Å². The normalized spacial score (nSPS) is 7.10. The quantitative estimate of drug-likeness (QED) is 0.342. The van der Waals surface area contributed by atoms with Crippen LogP contribution < -0.4 is 51.4 Å². The molecule has 10 heavy (non-hydrogen) atoms. The van der Waals surface area contributed by atoms with Crippen LogP contribution in [-0.4, -0.2) is 9.78 Å². The number of hydrogen-bond acceptors (Lipinski definition) is 1. The first-order chi connectivity index (χ1) is 4.30. The van der Waals surface area contributed by atoms with Crippen molar-refractivity contribution < 1.29 is 51.4 Å². The van der Waals surface area contributed by atoms with Crippen molar-refractivity contribution in [1.82, 2.24) is 9.78 Å². The molecule has 1 heterocycles. The molecule has 0 spiro atoms. The maximum Gasteiger partial charge on any atom is 1.00 e. The molecule has 0 aliphatic rings. The van der Waals surface area contributed by atoms with Crippen LogP contribution in [0.2, 0.25) is 0 Å². The van der Waals surface area contributed by atoms with Crippen LogP contribution in [0.1, 0.15) is 19.5 Å². The number of rotatable bonds is 0. The number of nitrogens with zero attached hydrogens (tertiary/aromatic N) is 2. The molecule has 1 aromatic heterocycles. The van der Waals surface area contributed by atoms with E-state index < -0.39 is 0 Å². The zero-order valence-electron chi connectivity index (χ0n) is 7.26. The van der Waals surface area contributed by atoms with Gasteiger partial charge in [-0.2, -0.15) is 6.07 Å². The van der Waals surface area contributed by atoms with Gasteiger partial charge in [-0.1, -0.05) is 13.8 Å². The second kappa shape index (κ2) is 7.82. The van der Waals surface area contributed by atoms with Crippen LogP contribution in [0.3, 0.4) is 0 Å². The Hall–Kier alpha value is 0.716. The predicted molar refractivity (Wildman–Crippen MR) is 39.0 cm³/mol. The third-order valence-corrected chi connectivity index (χ3v) is 0.922. The Morgan fingerprint density at radius 1 is 1.50 bits per heavy atom. The zero-order chi connectivity index (χ0) is 7.28. The van der Waals surface area contributed by atoms with Crippen molar-refractivity contribution in [3.8, 4) is 0 Å². The standard InChI is InChI=1S/C5H7N2.C2H6.K/c1-5-3-4-6-7(5)2;1-2;/h3-4H,1H2,2H3;1-2H3;/q-1;;+1. The summed E-state index contributed by atoms with van der Waals surface area (Å²) >= 11 is 0. The molecule has 1 rings (SSSR count). The minimum atomic E-state index is 0. The average molecular weight is 164 g/mol. The number of aromatic nitrogens is 2.